The van der Waals surface area contributed by atoms with E-state index >= 15 is 4.57 Å². The van der Waals surface area contributed by atoms with Crippen LogP contribution in [0.1, 0.15) is 0 Å². The van der Waals surface area contributed by atoms with E-state index in [1.807, 2.05) is 84.9 Å². The van der Waals surface area contributed by atoms with Gasteiger partial charge in [-0.1, -0.05) is 133 Å². The van der Waals surface area contributed by atoms with Gasteiger partial charge in [0.1, 0.15) is 22.3 Å². The maximum Gasteiger partial charge on any atom is 0.171 e. The Morgan fingerprint density at radius 2 is 0.615 bits per heavy atom. The Labute approximate surface area is 300 Å². The monoisotopic (exact) mass is 686 g/mol. The molecule has 0 atom stereocenters. The van der Waals surface area contributed by atoms with Crippen LogP contribution in [0.2, 0.25) is 0 Å². The van der Waals surface area contributed by atoms with Gasteiger partial charge in [-0.3, -0.25) is 0 Å². The fraction of sp³-hybridized carbons (Fsp3) is 0. The van der Waals surface area contributed by atoms with Gasteiger partial charge in [-0.2, -0.15) is 0 Å². The second kappa shape index (κ2) is 12.1. The van der Waals surface area contributed by atoms with Crippen molar-refractivity contribution in [3.63, 3.8) is 0 Å². The smallest absolute Gasteiger partial charge is 0.171 e. The van der Waals surface area contributed by atoms with E-state index in [-0.39, 0.29) is 0 Å². The molecule has 10 rings (SSSR count). The Balaban J connectivity index is 1.06. The summed E-state index contributed by atoms with van der Waals surface area (Å²) in [7, 11) is -3.11. The molecule has 0 saturated carbocycles. The lowest BCUT2D eigenvalue weighted by molar-refractivity contribution is 0.592. The minimum atomic E-state index is -3.11. The molecule has 0 aliphatic carbocycles. The van der Waals surface area contributed by atoms with Crippen LogP contribution in [0.3, 0.4) is 0 Å². The molecule has 0 aliphatic heterocycles. The molecule has 0 aliphatic rings. The van der Waals surface area contributed by atoms with Crippen LogP contribution in [0.25, 0.3) is 77.3 Å². The zero-order chi connectivity index (χ0) is 34.6. The molecule has 0 N–H and O–H groups in total. The van der Waals surface area contributed by atoms with Crippen LogP contribution in [-0.2, 0) is 4.57 Å². The van der Waals surface area contributed by atoms with E-state index in [2.05, 4.69) is 103 Å². The van der Waals surface area contributed by atoms with Crippen molar-refractivity contribution < 1.29 is 13.4 Å². The van der Waals surface area contributed by atoms with E-state index in [1.165, 1.54) is 5.56 Å². The third-order valence-corrected chi connectivity index (χ3v) is 13.2. The molecule has 0 saturated heterocycles. The summed E-state index contributed by atoms with van der Waals surface area (Å²) in [5, 5.41) is 6.72. The Bertz CT molecular complexity index is 2930. The van der Waals surface area contributed by atoms with Crippen LogP contribution in [0, 0.1) is 0 Å². The molecule has 0 spiro atoms. The Morgan fingerprint density at radius 1 is 0.288 bits per heavy atom. The number of benzene rings is 8. The van der Waals surface area contributed by atoms with Crippen LogP contribution in [-0.4, -0.2) is 0 Å². The Kier molecular flexibility index (Phi) is 7.09. The minimum absolute atomic E-state index is 0.805. The van der Waals surface area contributed by atoms with Gasteiger partial charge in [0.25, 0.3) is 0 Å². The maximum absolute atomic E-state index is 15.1. The molecule has 2 aromatic heterocycles. The van der Waals surface area contributed by atoms with Crippen molar-refractivity contribution in [3.8, 4) is 33.4 Å². The molecular weight excluding hydrogens is 655 g/mol. The fourth-order valence-corrected chi connectivity index (χ4v) is 10.2. The quantitative estimate of drug-likeness (QED) is 0.164. The van der Waals surface area contributed by atoms with Crippen molar-refractivity contribution in [1.82, 2.24) is 0 Å². The lowest BCUT2D eigenvalue weighted by Gasteiger charge is -2.20. The molecule has 0 amide bonds. The van der Waals surface area contributed by atoms with Gasteiger partial charge in [-0.25, -0.2) is 0 Å². The number of furan rings is 2. The molecule has 2 heterocycles. The lowest BCUT2D eigenvalue weighted by Crippen LogP contribution is -2.25. The summed E-state index contributed by atoms with van der Waals surface area (Å²) in [6, 6.07) is 63.8. The predicted molar refractivity (Wildman–Crippen MR) is 217 cm³/mol. The highest BCUT2D eigenvalue weighted by atomic mass is 31.2. The van der Waals surface area contributed by atoms with Crippen LogP contribution < -0.4 is 15.9 Å². The fourth-order valence-electron chi connectivity index (χ4n) is 7.51. The van der Waals surface area contributed by atoms with Crippen LogP contribution in [0.4, 0.5) is 0 Å². The number of hydrogen-bond acceptors (Lipinski definition) is 3. The molecule has 10 aromatic rings. The highest BCUT2D eigenvalue weighted by Gasteiger charge is 2.29. The number of fused-ring (bicyclic) bond motifs is 6. The SMILES string of the molecule is O=P(c1ccccc1)(c1ccccc1)c1cccc(-c2ccc3oc4ccc(-c5ccc6oc7ccc(-c8ccccc8)cc7c6c5)cc4c3c2)c1. The van der Waals surface area contributed by atoms with Crippen molar-refractivity contribution in [2.24, 2.45) is 0 Å². The van der Waals surface area contributed by atoms with E-state index in [0.29, 0.717) is 0 Å². The molecule has 0 fully saturated rings. The van der Waals surface area contributed by atoms with Crippen LogP contribution in [0.15, 0.2) is 197 Å². The highest BCUT2D eigenvalue weighted by Crippen LogP contribution is 2.44. The van der Waals surface area contributed by atoms with Crippen LogP contribution in [0.5, 0.6) is 0 Å². The topological polar surface area (TPSA) is 43.4 Å². The summed E-state index contributed by atoms with van der Waals surface area (Å²) >= 11 is 0. The van der Waals surface area contributed by atoms with Crippen LogP contribution >= 0.6 is 7.14 Å². The molecule has 0 bridgehead atoms. The van der Waals surface area contributed by atoms with Crippen molar-refractivity contribution >= 4 is 66.9 Å². The summed E-state index contributed by atoms with van der Waals surface area (Å²) in [5.41, 5.74) is 10.0. The van der Waals surface area contributed by atoms with Gasteiger partial charge in [-0.15, -0.1) is 0 Å². The predicted octanol–water partition coefficient (Wildman–Crippen LogP) is 12.1. The summed E-state index contributed by atoms with van der Waals surface area (Å²) in [6.45, 7) is 0. The van der Waals surface area contributed by atoms with E-state index in [4.69, 9.17) is 8.83 Å². The average molecular weight is 687 g/mol. The minimum Gasteiger partial charge on any atom is -0.456 e. The van der Waals surface area contributed by atoms with Gasteiger partial charge < -0.3 is 13.4 Å². The highest BCUT2D eigenvalue weighted by molar-refractivity contribution is 7.85. The second-order valence-electron chi connectivity index (χ2n) is 13.2. The lowest BCUT2D eigenvalue weighted by atomic mass is 9.98. The number of hydrogen-bond donors (Lipinski definition) is 0. The zero-order valence-electron chi connectivity index (χ0n) is 28.1. The second-order valence-corrected chi connectivity index (χ2v) is 16.0. The normalized spacial score (nSPS) is 11.9. The molecule has 8 aromatic carbocycles. The third kappa shape index (κ3) is 5.01. The maximum atomic E-state index is 15.1. The summed E-state index contributed by atoms with van der Waals surface area (Å²) < 4.78 is 27.7. The standard InChI is InChI=1S/C48H31O3P/c49-52(38-14-6-2-7-15-38,39-16-8-3-9-17-39)40-18-10-13-33(27-40)35-20-24-46-42(29-35)44-31-37(22-26-48(44)51-46)36-21-25-47-43(30-36)41-28-34(19-23-45(41)50-47)32-11-4-1-5-12-32/h1-31H. The number of rotatable bonds is 6. The van der Waals surface area contributed by atoms with Gasteiger partial charge in [0, 0.05) is 37.5 Å². The first-order valence-corrected chi connectivity index (χ1v) is 19.1. The molecule has 52 heavy (non-hydrogen) atoms. The molecule has 246 valence electrons. The third-order valence-electron chi connectivity index (χ3n) is 10.2. The van der Waals surface area contributed by atoms with Crippen molar-refractivity contribution in [2.75, 3.05) is 0 Å². The van der Waals surface area contributed by atoms with E-state index in [1.54, 1.807) is 0 Å². The summed E-state index contributed by atoms with van der Waals surface area (Å²) in [6.07, 6.45) is 0. The van der Waals surface area contributed by atoms with E-state index < -0.39 is 7.14 Å². The summed E-state index contributed by atoms with van der Waals surface area (Å²) in [4.78, 5) is 0. The van der Waals surface area contributed by atoms with Crippen molar-refractivity contribution in [1.29, 1.82) is 0 Å². The molecular formula is C48H31O3P. The van der Waals surface area contributed by atoms with E-state index in [9.17, 15) is 0 Å². The summed E-state index contributed by atoms with van der Waals surface area (Å²) in [5.74, 6) is 0. The zero-order valence-corrected chi connectivity index (χ0v) is 29.0. The first kappa shape index (κ1) is 30.4. The van der Waals surface area contributed by atoms with Gasteiger partial charge in [0.15, 0.2) is 7.14 Å². The van der Waals surface area contributed by atoms with Crippen molar-refractivity contribution in [2.45, 2.75) is 0 Å². The van der Waals surface area contributed by atoms with Gasteiger partial charge in [-0.05, 0) is 88.0 Å². The van der Waals surface area contributed by atoms with Gasteiger partial charge in [0.05, 0.1) is 0 Å². The van der Waals surface area contributed by atoms with Crippen molar-refractivity contribution in [3.05, 3.63) is 188 Å². The largest absolute Gasteiger partial charge is 0.456 e. The Morgan fingerprint density at radius 3 is 1.04 bits per heavy atom. The van der Waals surface area contributed by atoms with Gasteiger partial charge >= 0.3 is 0 Å². The molecule has 0 radical (unpaired) electrons. The first-order valence-electron chi connectivity index (χ1n) is 17.4. The molecule has 3 nitrogen and oxygen atoms in total. The first-order chi connectivity index (χ1) is 25.6. The van der Waals surface area contributed by atoms with E-state index in [0.717, 1.165) is 87.6 Å². The molecule has 4 heteroatoms. The average Bonchev–Trinajstić information content (AvgIpc) is 3.78. The Hall–Kier alpha value is -6.41. The van der Waals surface area contributed by atoms with Gasteiger partial charge in [0.2, 0.25) is 0 Å². The molecule has 0 unspecified atom stereocenters.